The van der Waals surface area contributed by atoms with E-state index in [0.29, 0.717) is 11.7 Å². The third-order valence-corrected chi connectivity index (χ3v) is 5.54. The topological polar surface area (TPSA) is 81.5 Å². The first kappa shape index (κ1) is 18.7. The van der Waals surface area contributed by atoms with Crippen molar-refractivity contribution in [3.8, 4) is 11.5 Å². The zero-order chi connectivity index (χ0) is 19.5. The molecule has 2 aliphatic rings. The molecule has 0 spiro atoms. The molecule has 1 fully saturated rings. The Morgan fingerprint density at radius 1 is 1.14 bits per heavy atom. The summed E-state index contributed by atoms with van der Waals surface area (Å²) < 4.78 is 13.2. The summed E-state index contributed by atoms with van der Waals surface area (Å²) in [6.07, 6.45) is 1.30. The minimum absolute atomic E-state index is 0.0294. The average molecular weight is 385 g/mol. The number of ether oxygens (including phenoxy) is 2. The molecule has 1 N–H and O–H groups in total. The van der Waals surface area contributed by atoms with E-state index in [-0.39, 0.29) is 5.91 Å². The molecule has 1 aromatic carbocycles. The van der Waals surface area contributed by atoms with Gasteiger partial charge < -0.3 is 24.3 Å². The van der Waals surface area contributed by atoms with Crippen molar-refractivity contribution >= 4 is 5.91 Å². The molecule has 0 radical (unpaired) electrons. The monoisotopic (exact) mass is 385 g/mol. The standard InChI is InChI=1S/C20H27N5O3/c1-14(28-17-5-3-16(27-2)4-6-17)20(26)24-10-7-15(8-11-24)19-23-22-18-13-21-9-12-25(18)19/h3-6,14-15,21H,7-13H2,1-2H3. The highest BCUT2D eigenvalue weighted by Crippen LogP contribution is 2.28. The number of amides is 1. The zero-order valence-corrected chi connectivity index (χ0v) is 16.4. The molecule has 150 valence electrons. The number of hydrogen-bond donors (Lipinski definition) is 1. The SMILES string of the molecule is COc1ccc(OC(C)C(=O)N2CCC(c3nnc4n3CCNC4)CC2)cc1. The van der Waals surface area contributed by atoms with Gasteiger partial charge in [-0.2, -0.15) is 0 Å². The number of rotatable bonds is 5. The third kappa shape index (κ3) is 3.82. The van der Waals surface area contributed by atoms with Gasteiger partial charge in [-0.05, 0) is 44.0 Å². The Labute approximate surface area is 164 Å². The molecular weight excluding hydrogens is 358 g/mol. The van der Waals surface area contributed by atoms with Crippen LogP contribution in [0.4, 0.5) is 0 Å². The Balaban J connectivity index is 1.32. The summed E-state index contributed by atoms with van der Waals surface area (Å²) in [6.45, 7) is 5.91. The van der Waals surface area contributed by atoms with E-state index < -0.39 is 6.10 Å². The van der Waals surface area contributed by atoms with Crippen molar-refractivity contribution in [3.05, 3.63) is 35.9 Å². The second-order valence-electron chi connectivity index (χ2n) is 7.34. The molecule has 1 amide bonds. The van der Waals surface area contributed by atoms with Crippen LogP contribution in [0.3, 0.4) is 0 Å². The highest BCUT2D eigenvalue weighted by Gasteiger charge is 2.30. The quantitative estimate of drug-likeness (QED) is 0.841. The summed E-state index contributed by atoms with van der Waals surface area (Å²) in [5.41, 5.74) is 0. The maximum absolute atomic E-state index is 12.8. The van der Waals surface area contributed by atoms with Gasteiger partial charge in [0.15, 0.2) is 6.10 Å². The number of carbonyl (C=O) groups excluding carboxylic acids is 1. The van der Waals surface area contributed by atoms with E-state index in [2.05, 4.69) is 20.1 Å². The van der Waals surface area contributed by atoms with E-state index in [1.165, 1.54) is 0 Å². The van der Waals surface area contributed by atoms with Crippen molar-refractivity contribution in [2.24, 2.45) is 0 Å². The Kier molecular flexibility index (Phi) is 5.47. The lowest BCUT2D eigenvalue weighted by Crippen LogP contribution is -2.44. The number of carbonyl (C=O) groups is 1. The van der Waals surface area contributed by atoms with Crippen LogP contribution in [-0.4, -0.2) is 58.4 Å². The maximum atomic E-state index is 12.8. The third-order valence-electron chi connectivity index (χ3n) is 5.54. The van der Waals surface area contributed by atoms with Gasteiger partial charge in [0, 0.05) is 32.1 Å². The van der Waals surface area contributed by atoms with Crippen LogP contribution in [0.25, 0.3) is 0 Å². The first-order valence-electron chi connectivity index (χ1n) is 9.88. The second-order valence-corrected chi connectivity index (χ2v) is 7.34. The molecule has 2 aliphatic heterocycles. The predicted octanol–water partition coefficient (Wildman–Crippen LogP) is 1.56. The Bertz CT molecular complexity index is 812. The van der Waals surface area contributed by atoms with Crippen LogP contribution in [0.1, 0.15) is 37.3 Å². The fourth-order valence-corrected chi connectivity index (χ4v) is 3.94. The molecule has 4 rings (SSSR count). The van der Waals surface area contributed by atoms with Crippen molar-refractivity contribution in [3.63, 3.8) is 0 Å². The van der Waals surface area contributed by atoms with Crippen molar-refractivity contribution in [2.75, 3.05) is 26.7 Å². The number of aromatic nitrogens is 3. The van der Waals surface area contributed by atoms with E-state index in [1.54, 1.807) is 14.0 Å². The number of likely N-dealkylation sites (tertiary alicyclic amines) is 1. The summed E-state index contributed by atoms with van der Waals surface area (Å²) in [6, 6.07) is 7.29. The van der Waals surface area contributed by atoms with Crippen molar-refractivity contribution < 1.29 is 14.3 Å². The highest BCUT2D eigenvalue weighted by atomic mass is 16.5. The molecule has 1 saturated heterocycles. The lowest BCUT2D eigenvalue weighted by atomic mass is 9.95. The van der Waals surface area contributed by atoms with Crippen LogP contribution in [-0.2, 0) is 17.9 Å². The number of benzene rings is 1. The molecule has 2 aromatic rings. The minimum Gasteiger partial charge on any atom is -0.497 e. The summed E-state index contributed by atoms with van der Waals surface area (Å²) in [7, 11) is 1.62. The van der Waals surface area contributed by atoms with Crippen LogP contribution >= 0.6 is 0 Å². The molecule has 0 saturated carbocycles. The molecule has 8 nitrogen and oxygen atoms in total. The predicted molar refractivity (Wildman–Crippen MR) is 103 cm³/mol. The molecule has 28 heavy (non-hydrogen) atoms. The van der Waals surface area contributed by atoms with Gasteiger partial charge in [0.05, 0.1) is 13.7 Å². The van der Waals surface area contributed by atoms with Gasteiger partial charge in [-0.3, -0.25) is 4.79 Å². The second kappa shape index (κ2) is 8.18. The summed E-state index contributed by atoms with van der Waals surface area (Å²) in [5.74, 6) is 3.91. The molecule has 1 unspecified atom stereocenters. The Morgan fingerprint density at radius 2 is 1.86 bits per heavy atom. The lowest BCUT2D eigenvalue weighted by Gasteiger charge is -2.33. The van der Waals surface area contributed by atoms with Crippen LogP contribution in [0.5, 0.6) is 11.5 Å². The van der Waals surface area contributed by atoms with E-state index in [4.69, 9.17) is 9.47 Å². The van der Waals surface area contributed by atoms with Gasteiger partial charge in [0.2, 0.25) is 0 Å². The van der Waals surface area contributed by atoms with E-state index in [1.807, 2.05) is 29.2 Å². The first-order valence-corrected chi connectivity index (χ1v) is 9.88. The largest absolute Gasteiger partial charge is 0.497 e. The fourth-order valence-electron chi connectivity index (χ4n) is 3.94. The molecule has 8 heteroatoms. The van der Waals surface area contributed by atoms with Crippen LogP contribution < -0.4 is 14.8 Å². The maximum Gasteiger partial charge on any atom is 0.263 e. The first-order chi connectivity index (χ1) is 13.7. The number of methoxy groups -OCH3 is 1. The molecular formula is C20H27N5O3. The van der Waals surface area contributed by atoms with Gasteiger partial charge >= 0.3 is 0 Å². The van der Waals surface area contributed by atoms with Gasteiger partial charge in [-0.15, -0.1) is 10.2 Å². The van der Waals surface area contributed by atoms with E-state index in [9.17, 15) is 4.79 Å². The summed E-state index contributed by atoms with van der Waals surface area (Å²) in [5, 5.41) is 12.1. The van der Waals surface area contributed by atoms with Crippen LogP contribution in [0, 0.1) is 0 Å². The van der Waals surface area contributed by atoms with Crippen molar-refractivity contribution in [1.82, 2.24) is 25.0 Å². The van der Waals surface area contributed by atoms with E-state index >= 15 is 0 Å². The van der Waals surface area contributed by atoms with E-state index in [0.717, 1.165) is 63.0 Å². The zero-order valence-electron chi connectivity index (χ0n) is 16.4. The molecule has 3 heterocycles. The average Bonchev–Trinajstić information content (AvgIpc) is 3.18. The molecule has 1 atom stereocenters. The Hall–Kier alpha value is -2.61. The normalized spacial score (nSPS) is 18.4. The number of nitrogens with one attached hydrogen (secondary N) is 1. The number of nitrogens with zero attached hydrogens (tertiary/aromatic N) is 4. The van der Waals surface area contributed by atoms with Gasteiger partial charge in [-0.1, -0.05) is 0 Å². The number of fused-ring (bicyclic) bond motifs is 1. The van der Waals surface area contributed by atoms with Gasteiger partial charge in [-0.25, -0.2) is 0 Å². The molecule has 1 aromatic heterocycles. The van der Waals surface area contributed by atoms with Crippen molar-refractivity contribution in [1.29, 1.82) is 0 Å². The van der Waals surface area contributed by atoms with Crippen molar-refractivity contribution in [2.45, 2.75) is 44.9 Å². The molecule has 0 aliphatic carbocycles. The van der Waals surface area contributed by atoms with Gasteiger partial charge in [0.1, 0.15) is 23.1 Å². The lowest BCUT2D eigenvalue weighted by molar-refractivity contribution is -0.139. The smallest absolute Gasteiger partial charge is 0.263 e. The fraction of sp³-hybridized carbons (Fsp3) is 0.550. The highest BCUT2D eigenvalue weighted by molar-refractivity contribution is 5.81. The number of hydrogen-bond acceptors (Lipinski definition) is 6. The summed E-state index contributed by atoms with van der Waals surface area (Å²) >= 11 is 0. The Morgan fingerprint density at radius 3 is 2.57 bits per heavy atom. The number of piperidine rings is 1. The van der Waals surface area contributed by atoms with Crippen LogP contribution in [0.2, 0.25) is 0 Å². The van der Waals surface area contributed by atoms with Crippen LogP contribution in [0.15, 0.2) is 24.3 Å². The minimum atomic E-state index is -0.517. The summed E-state index contributed by atoms with van der Waals surface area (Å²) in [4.78, 5) is 14.7. The van der Waals surface area contributed by atoms with Gasteiger partial charge in [0.25, 0.3) is 5.91 Å². The molecule has 0 bridgehead atoms.